The van der Waals surface area contributed by atoms with Crippen molar-refractivity contribution in [1.82, 2.24) is 4.68 Å². The molecule has 2 nitrogen and oxygen atoms in total. The van der Waals surface area contributed by atoms with Crippen molar-refractivity contribution in [2.75, 3.05) is 5.84 Å². The molecule has 0 aliphatic heterocycles. The van der Waals surface area contributed by atoms with Gasteiger partial charge in [-0.3, -0.25) is 4.68 Å². The van der Waals surface area contributed by atoms with Gasteiger partial charge < -0.3 is 5.84 Å². The van der Waals surface area contributed by atoms with E-state index in [0.29, 0.717) is 10.0 Å². The van der Waals surface area contributed by atoms with Gasteiger partial charge in [0.15, 0.2) is 0 Å². The van der Waals surface area contributed by atoms with Crippen LogP contribution in [0.25, 0.3) is 10.9 Å². The Labute approximate surface area is 79.4 Å². The van der Waals surface area contributed by atoms with E-state index in [4.69, 9.17) is 29.0 Å². The van der Waals surface area contributed by atoms with Crippen LogP contribution in [0.3, 0.4) is 0 Å². The molecule has 0 saturated heterocycles. The maximum absolute atomic E-state index is 5.82. The average molecular weight is 201 g/mol. The number of benzene rings is 1. The van der Waals surface area contributed by atoms with Crippen LogP contribution in [0.15, 0.2) is 24.4 Å². The summed E-state index contributed by atoms with van der Waals surface area (Å²) >= 11 is 11.6. The fraction of sp³-hybridized carbons (Fsp3) is 0. The van der Waals surface area contributed by atoms with E-state index in [1.165, 1.54) is 4.68 Å². The Balaban J connectivity index is 2.87. The first-order valence-electron chi connectivity index (χ1n) is 3.39. The van der Waals surface area contributed by atoms with Gasteiger partial charge in [-0.05, 0) is 18.2 Å². The summed E-state index contributed by atoms with van der Waals surface area (Å²) in [7, 11) is 0. The summed E-state index contributed by atoms with van der Waals surface area (Å²) in [4.78, 5) is 0. The summed E-state index contributed by atoms with van der Waals surface area (Å²) in [6.07, 6.45) is 1.76. The molecular formula is C8H6Cl2N2. The second-order valence-corrected chi connectivity index (χ2v) is 3.36. The highest BCUT2D eigenvalue weighted by atomic mass is 35.5. The SMILES string of the molecule is Nn1ccc2cc(Cl)c(Cl)cc21. The lowest BCUT2D eigenvalue weighted by atomic mass is 10.2. The second-order valence-electron chi connectivity index (χ2n) is 2.55. The van der Waals surface area contributed by atoms with Crippen LogP contribution >= 0.6 is 23.2 Å². The van der Waals surface area contributed by atoms with Crippen LogP contribution < -0.4 is 5.84 Å². The number of rotatable bonds is 0. The minimum absolute atomic E-state index is 0.523. The Morgan fingerprint density at radius 3 is 2.58 bits per heavy atom. The topological polar surface area (TPSA) is 30.9 Å². The van der Waals surface area contributed by atoms with Gasteiger partial charge in [0, 0.05) is 11.6 Å². The first-order valence-corrected chi connectivity index (χ1v) is 4.15. The van der Waals surface area contributed by atoms with E-state index in [-0.39, 0.29) is 0 Å². The zero-order valence-electron chi connectivity index (χ0n) is 6.09. The number of aromatic nitrogens is 1. The second kappa shape index (κ2) is 2.57. The maximum atomic E-state index is 5.82. The third-order valence-electron chi connectivity index (χ3n) is 1.76. The normalized spacial score (nSPS) is 10.8. The molecule has 1 heterocycles. The molecule has 0 bridgehead atoms. The molecule has 0 saturated carbocycles. The molecule has 0 amide bonds. The number of halogens is 2. The summed E-state index contributed by atoms with van der Waals surface area (Å²) in [6.45, 7) is 0. The summed E-state index contributed by atoms with van der Waals surface area (Å²) in [6, 6.07) is 5.43. The van der Waals surface area contributed by atoms with Crippen LogP contribution in [0.5, 0.6) is 0 Å². The molecule has 62 valence electrons. The number of nitrogens with zero attached hydrogens (tertiary/aromatic N) is 1. The summed E-state index contributed by atoms with van der Waals surface area (Å²) < 4.78 is 1.51. The predicted octanol–water partition coefficient (Wildman–Crippen LogP) is 2.66. The first kappa shape index (κ1) is 7.77. The molecule has 0 aliphatic carbocycles. The fourth-order valence-electron chi connectivity index (χ4n) is 1.15. The molecule has 2 N–H and O–H groups in total. The molecule has 0 atom stereocenters. The Kier molecular flexibility index (Phi) is 1.67. The van der Waals surface area contributed by atoms with Crippen LogP contribution in [0, 0.1) is 0 Å². The van der Waals surface area contributed by atoms with Crippen molar-refractivity contribution in [2.24, 2.45) is 0 Å². The Hall–Kier alpha value is -0.860. The number of nitrogens with two attached hydrogens (primary N) is 1. The van der Waals surface area contributed by atoms with E-state index in [2.05, 4.69) is 0 Å². The Morgan fingerprint density at radius 1 is 1.17 bits per heavy atom. The zero-order chi connectivity index (χ0) is 8.72. The summed E-state index contributed by atoms with van der Waals surface area (Å²) in [5.41, 5.74) is 0.879. The summed E-state index contributed by atoms with van der Waals surface area (Å²) in [5.74, 6) is 5.61. The van der Waals surface area contributed by atoms with Gasteiger partial charge in [-0.2, -0.15) is 0 Å². The standard InChI is InChI=1S/C8H6Cl2N2/c9-6-3-5-1-2-12(11)8(5)4-7(6)10/h1-4H,11H2. The molecule has 2 rings (SSSR count). The number of nitrogen functional groups attached to an aromatic ring is 1. The highest BCUT2D eigenvalue weighted by molar-refractivity contribution is 6.42. The molecule has 0 spiro atoms. The Bertz CT molecular complexity index is 434. The monoisotopic (exact) mass is 200 g/mol. The lowest BCUT2D eigenvalue weighted by Crippen LogP contribution is -2.04. The number of hydrogen-bond acceptors (Lipinski definition) is 1. The number of hydrogen-bond donors (Lipinski definition) is 1. The van der Waals surface area contributed by atoms with Gasteiger partial charge in [0.05, 0.1) is 15.6 Å². The lowest BCUT2D eigenvalue weighted by Gasteiger charge is -1.98. The molecular weight excluding hydrogens is 195 g/mol. The van der Waals surface area contributed by atoms with E-state index >= 15 is 0 Å². The smallest absolute Gasteiger partial charge is 0.0705 e. The molecule has 1 aromatic carbocycles. The van der Waals surface area contributed by atoms with Gasteiger partial charge in [-0.1, -0.05) is 23.2 Å². The first-order chi connectivity index (χ1) is 5.68. The molecule has 0 radical (unpaired) electrons. The van der Waals surface area contributed by atoms with Crippen LogP contribution in [0.4, 0.5) is 0 Å². The van der Waals surface area contributed by atoms with E-state index in [9.17, 15) is 0 Å². The molecule has 0 aliphatic rings. The minimum Gasteiger partial charge on any atom is -0.339 e. The third-order valence-corrected chi connectivity index (χ3v) is 2.48. The highest BCUT2D eigenvalue weighted by Gasteiger charge is 2.02. The van der Waals surface area contributed by atoms with E-state index in [1.807, 2.05) is 6.07 Å². The third kappa shape index (κ3) is 1.04. The van der Waals surface area contributed by atoms with Crippen molar-refractivity contribution in [1.29, 1.82) is 0 Å². The minimum atomic E-state index is 0.523. The van der Waals surface area contributed by atoms with Gasteiger partial charge in [-0.25, -0.2) is 0 Å². The lowest BCUT2D eigenvalue weighted by molar-refractivity contribution is 1.07. The predicted molar refractivity (Wildman–Crippen MR) is 52.1 cm³/mol. The molecule has 1 aromatic heterocycles. The van der Waals surface area contributed by atoms with Crippen molar-refractivity contribution < 1.29 is 0 Å². The highest BCUT2D eigenvalue weighted by Crippen LogP contribution is 2.27. The van der Waals surface area contributed by atoms with Crippen LogP contribution in [0.1, 0.15) is 0 Å². The van der Waals surface area contributed by atoms with Crippen molar-refractivity contribution >= 4 is 34.1 Å². The van der Waals surface area contributed by atoms with Gasteiger partial charge >= 0.3 is 0 Å². The van der Waals surface area contributed by atoms with Crippen LogP contribution in [-0.2, 0) is 0 Å². The quantitative estimate of drug-likeness (QED) is 0.652. The molecule has 12 heavy (non-hydrogen) atoms. The van der Waals surface area contributed by atoms with Crippen molar-refractivity contribution in [3.63, 3.8) is 0 Å². The Morgan fingerprint density at radius 2 is 1.83 bits per heavy atom. The fourth-order valence-corrected chi connectivity index (χ4v) is 1.48. The van der Waals surface area contributed by atoms with Crippen LogP contribution in [0.2, 0.25) is 10.0 Å². The van der Waals surface area contributed by atoms with Crippen molar-refractivity contribution in [3.8, 4) is 0 Å². The van der Waals surface area contributed by atoms with Crippen LogP contribution in [-0.4, -0.2) is 4.68 Å². The van der Waals surface area contributed by atoms with Gasteiger partial charge in [0.2, 0.25) is 0 Å². The van der Waals surface area contributed by atoms with E-state index < -0.39 is 0 Å². The molecule has 4 heteroatoms. The van der Waals surface area contributed by atoms with E-state index in [0.717, 1.165) is 10.9 Å². The average Bonchev–Trinajstić information content (AvgIpc) is 2.35. The number of fused-ring (bicyclic) bond motifs is 1. The molecule has 2 aromatic rings. The van der Waals surface area contributed by atoms with Gasteiger partial charge in [0.25, 0.3) is 0 Å². The van der Waals surface area contributed by atoms with E-state index in [1.54, 1.807) is 18.3 Å². The maximum Gasteiger partial charge on any atom is 0.0705 e. The zero-order valence-corrected chi connectivity index (χ0v) is 7.60. The van der Waals surface area contributed by atoms with Crippen molar-refractivity contribution in [3.05, 3.63) is 34.4 Å². The van der Waals surface area contributed by atoms with Gasteiger partial charge in [-0.15, -0.1) is 0 Å². The van der Waals surface area contributed by atoms with Gasteiger partial charge in [0.1, 0.15) is 0 Å². The molecule has 0 unspecified atom stereocenters. The largest absolute Gasteiger partial charge is 0.339 e. The van der Waals surface area contributed by atoms with Crippen molar-refractivity contribution in [2.45, 2.75) is 0 Å². The summed E-state index contributed by atoms with van der Waals surface area (Å²) in [5, 5.41) is 2.07. The molecule has 0 fully saturated rings.